The van der Waals surface area contributed by atoms with Gasteiger partial charge in [0.05, 0.1) is 6.04 Å². The van der Waals surface area contributed by atoms with Crippen molar-refractivity contribution in [2.45, 2.75) is 38.3 Å². The molecule has 1 heterocycles. The number of nitrogens with two attached hydrogens (primary N) is 1. The predicted molar refractivity (Wildman–Crippen MR) is 63.0 cm³/mol. The van der Waals surface area contributed by atoms with Crippen molar-refractivity contribution in [3.05, 3.63) is 11.6 Å². The lowest BCUT2D eigenvalue weighted by Crippen LogP contribution is -2.17. The summed E-state index contributed by atoms with van der Waals surface area (Å²) in [6, 6.07) is 0.662. The van der Waals surface area contributed by atoms with E-state index in [1.165, 1.54) is 12.8 Å². The third-order valence-corrected chi connectivity index (χ3v) is 3.41. The normalized spacial score (nSPS) is 18.1. The summed E-state index contributed by atoms with van der Waals surface area (Å²) in [5, 5.41) is 8.34. The number of rotatable bonds is 5. The highest BCUT2D eigenvalue weighted by Gasteiger charge is 2.29. The fourth-order valence-corrected chi connectivity index (χ4v) is 2.29. The fraction of sp³-hybridized carbons (Fsp3) is 0.800. The second-order valence-corrected chi connectivity index (χ2v) is 5.08. The van der Waals surface area contributed by atoms with Gasteiger partial charge in [0.25, 0.3) is 0 Å². The molecule has 15 heavy (non-hydrogen) atoms. The first kappa shape index (κ1) is 11.0. The molecule has 0 amide bonds. The van der Waals surface area contributed by atoms with Crippen molar-refractivity contribution in [1.29, 1.82) is 0 Å². The van der Waals surface area contributed by atoms with Gasteiger partial charge in [-0.2, -0.15) is 11.8 Å². The molecule has 1 aromatic rings. The number of hydrogen-bond donors (Lipinski definition) is 1. The van der Waals surface area contributed by atoms with Crippen molar-refractivity contribution in [2.75, 3.05) is 12.0 Å². The summed E-state index contributed by atoms with van der Waals surface area (Å²) in [5.41, 5.74) is 6.12. The van der Waals surface area contributed by atoms with Gasteiger partial charge < -0.3 is 10.3 Å². The molecule has 0 spiro atoms. The van der Waals surface area contributed by atoms with Crippen molar-refractivity contribution in [2.24, 2.45) is 5.73 Å². The molecule has 0 radical (unpaired) electrons. The van der Waals surface area contributed by atoms with Crippen molar-refractivity contribution in [1.82, 2.24) is 14.8 Å². The summed E-state index contributed by atoms with van der Waals surface area (Å²) >= 11 is 1.82. The Hall–Kier alpha value is -0.550. The molecule has 2 rings (SSSR count). The number of aromatic nitrogens is 3. The molecule has 1 saturated carbocycles. The lowest BCUT2D eigenvalue weighted by atomic mass is 10.2. The van der Waals surface area contributed by atoms with E-state index in [0.717, 1.165) is 23.8 Å². The Morgan fingerprint density at radius 2 is 2.27 bits per heavy atom. The van der Waals surface area contributed by atoms with Crippen molar-refractivity contribution < 1.29 is 0 Å². The molecule has 1 atom stereocenters. The standard InChI is InChI=1S/C10H18N4S/c1-7-12-13-10(9(11)5-6-15-2)14(7)8-3-4-8/h8-9H,3-6,11H2,1-2H3/t9-/m1/s1. The third-order valence-electron chi connectivity index (χ3n) is 2.77. The average Bonchev–Trinajstić information content (AvgIpc) is 2.99. The maximum Gasteiger partial charge on any atom is 0.150 e. The van der Waals surface area contributed by atoms with Crippen LogP contribution in [-0.4, -0.2) is 26.8 Å². The maximum absolute atomic E-state index is 6.12. The van der Waals surface area contributed by atoms with Gasteiger partial charge >= 0.3 is 0 Å². The zero-order valence-corrected chi connectivity index (χ0v) is 10.1. The lowest BCUT2D eigenvalue weighted by molar-refractivity contribution is 0.577. The Labute approximate surface area is 94.6 Å². The summed E-state index contributed by atoms with van der Waals surface area (Å²) in [7, 11) is 0. The van der Waals surface area contributed by atoms with Crippen molar-refractivity contribution in [3.63, 3.8) is 0 Å². The predicted octanol–water partition coefficient (Wildman–Crippen LogP) is 1.67. The van der Waals surface area contributed by atoms with Crippen LogP contribution >= 0.6 is 11.8 Å². The second-order valence-electron chi connectivity index (χ2n) is 4.09. The van der Waals surface area contributed by atoms with Crippen LogP contribution in [0.5, 0.6) is 0 Å². The van der Waals surface area contributed by atoms with Gasteiger partial charge in [-0.1, -0.05) is 0 Å². The van der Waals surface area contributed by atoms with Gasteiger partial charge in [-0.3, -0.25) is 0 Å². The molecular formula is C10H18N4S. The molecule has 1 fully saturated rings. The lowest BCUT2D eigenvalue weighted by Gasteiger charge is -2.12. The van der Waals surface area contributed by atoms with Gasteiger partial charge in [-0.25, -0.2) is 0 Å². The van der Waals surface area contributed by atoms with Gasteiger partial charge in [0, 0.05) is 6.04 Å². The molecule has 4 nitrogen and oxygen atoms in total. The minimum absolute atomic E-state index is 0.0410. The van der Waals surface area contributed by atoms with Crippen LogP contribution in [0.2, 0.25) is 0 Å². The number of aryl methyl sites for hydroxylation is 1. The van der Waals surface area contributed by atoms with E-state index < -0.39 is 0 Å². The van der Waals surface area contributed by atoms with Crippen LogP contribution in [0.1, 0.15) is 43.0 Å². The monoisotopic (exact) mass is 226 g/mol. The molecule has 1 aliphatic rings. The Morgan fingerprint density at radius 3 is 2.87 bits per heavy atom. The van der Waals surface area contributed by atoms with Crippen LogP contribution in [0, 0.1) is 6.92 Å². The molecule has 0 bridgehead atoms. The molecule has 5 heteroatoms. The highest BCUT2D eigenvalue weighted by atomic mass is 32.2. The van der Waals surface area contributed by atoms with E-state index >= 15 is 0 Å². The first-order valence-electron chi connectivity index (χ1n) is 5.40. The first-order chi connectivity index (χ1) is 7.24. The Kier molecular flexibility index (Phi) is 3.31. The quantitative estimate of drug-likeness (QED) is 0.830. The van der Waals surface area contributed by atoms with E-state index in [1.807, 2.05) is 18.7 Å². The topological polar surface area (TPSA) is 56.7 Å². The largest absolute Gasteiger partial charge is 0.321 e. The summed E-state index contributed by atoms with van der Waals surface area (Å²) < 4.78 is 2.23. The molecular weight excluding hydrogens is 208 g/mol. The van der Waals surface area contributed by atoms with Gasteiger partial charge in [0.1, 0.15) is 11.6 Å². The van der Waals surface area contributed by atoms with Gasteiger partial charge in [-0.15, -0.1) is 10.2 Å². The van der Waals surface area contributed by atoms with Gasteiger partial charge in [0.2, 0.25) is 0 Å². The molecule has 1 aromatic heterocycles. The molecule has 84 valence electrons. The number of nitrogens with zero attached hydrogens (tertiary/aromatic N) is 3. The van der Waals surface area contributed by atoms with E-state index in [2.05, 4.69) is 21.0 Å². The van der Waals surface area contributed by atoms with Crippen molar-refractivity contribution >= 4 is 11.8 Å². The maximum atomic E-state index is 6.12. The highest BCUT2D eigenvalue weighted by molar-refractivity contribution is 7.98. The van der Waals surface area contributed by atoms with Crippen LogP contribution in [0.4, 0.5) is 0 Å². The van der Waals surface area contributed by atoms with E-state index in [-0.39, 0.29) is 6.04 Å². The van der Waals surface area contributed by atoms with E-state index in [9.17, 15) is 0 Å². The van der Waals surface area contributed by atoms with Crippen LogP contribution in [0.15, 0.2) is 0 Å². The molecule has 2 N–H and O–H groups in total. The van der Waals surface area contributed by atoms with E-state index in [0.29, 0.717) is 6.04 Å². The highest BCUT2D eigenvalue weighted by Crippen LogP contribution is 2.37. The number of thioether (sulfide) groups is 1. The molecule has 0 aromatic carbocycles. The Bertz CT molecular complexity index is 332. The number of hydrogen-bond acceptors (Lipinski definition) is 4. The zero-order chi connectivity index (χ0) is 10.8. The summed E-state index contributed by atoms with van der Waals surface area (Å²) in [5.74, 6) is 3.06. The van der Waals surface area contributed by atoms with Crippen LogP contribution in [0.25, 0.3) is 0 Å². The molecule has 0 unspecified atom stereocenters. The first-order valence-corrected chi connectivity index (χ1v) is 6.79. The van der Waals surface area contributed by atoms with Gasteiger partial charge in [-0.05, 0) is 38.2 Å². The van der Waals surface area contributed by atoms with E-state index in [1.54, 1.807) is 0 Å². The van der Waals surface area contributed by atoms with Crippen LogP contribution < -0.4 is 5.73 Å². The zero-order valence-electron chi connectivity index (χ0n) is 9.31. The summed E-state index contributed by atoms with van der Waals surface area (Å²) in [6.45, 7) is 2.01. The summed E-state index contributed by atoms with van der Waals surface area (Å²) in [6.07, 6.45) is 5.58. The van der Waals surface area contributed by atoms with E-state index in [4.69, 9.17) is 5.73 Å². The van der Waals surface area contributed by atoms with Crippen LogP contribution in [-0.2, 0) is 0 Å². The minimum Gasteiger partial charge on any atom is -0.321 e. The Balaban J connectivity index is 2.12. The van der Waals surface area contributed by atoms with Crippen molar-refractivity contribution in [3.8, 4) is 0 Å². The summed E-state index contributed by atoms with van der Waals surface area (Å²) in [4.78, 5) is 0. The SMILES string of the molecule is CSCC[C@@H](N)c1nnc(C)n1C1CC1. The van der Waals surface area contributed by atoms with Crippen LogP contribution in [0.3, 0.4) is 0 Å². The Morgan fingerprint density at radius 1 is 1.53 bits per heavy atom. The second kappa shape index (κ2) is 4.53. The average molecular weight is 226 g/mol. The minimum atomic E-state index is 0.0410. The van der Waals surface area contributed by atoms with Gasteiger partial charge in [0.15, 0.2) is 0 Å². The molecule has 0 saturated heterocycles. The fourth-order valence-electron chi connectivity index (χ4n) is 1.80. The molecule has 0 aliphatic heterocycles. The third kappa shape index (κ3) is 2.34. The smallest absolute Gasteiger partial charge is 0.150 e. The molecule has 1 aliphatic carbocycles.